The summed E-state index contributed by atoms with van der Waals surface area (Å²) < 4.78 is 5.68. The molecule has 0 atom stereocenters. The van der Waals surface area contributed by atoms with Crippen LogP contribution in [0.4, 0.5) is 5.69 Å². The first-order valence-corrected chi connectivity index (χ1v) is 5.87. The molecule has 1 aromatic rings. The van der Waals surface area contributed by atoms with Crippen LogP contribution in [0.15, 0.2) is 27.8 Å². The molecule has 8 heteroatoms. The average molecular weight is 318 g/mol. The van der Waals surface area contributed by atoms with E-state index in [1.807, 2.05) is 0 Å². The van der Waals surface area contributed by atoms with Gasteiger partial charge in [0.2, 0.25) is 0 Å². The summed E-state index contributed by atoms with van der Waals surface area (Å²) in [4.78, 5) is 10.2. The summed E-state index contributed by atoms with van der Waals surface area (Å²) in [5, 5.41) is 21.9. The van der Waals surface area contributed by atoms with E-state index in [2.05, 4.69) is 21.1 Å². The Morgan fingerprint density at radius 2 is 2.33 bits per heavy atom. The number of nitrogens with two attached hydrogens (primary N) is 1. The van der Waals surface area contributed by atoms with Crippen molar-refractivity contribution in [1.29, 1.82) is 0 Å². The number of hydrogen-bond donors (Lipinski definition) is 2. The maximum absolute atomic E-state index is 10.7. The fraction of sp³-hybridized carbons (Fsp3) is 0.300. The quantitative estimate of drug-likeness (QED) is 0.209. The summed E-state index contributed by atoms with van der Waals surface area (Å²) in [6.07, 6.45) is 0.939. The van der Waals surface area contributed by atoms with Gasteiger partial charge in [-0.15, -0.1) is 0 Å². The monoisotopic (exact) mass is 317 g/mol. The molecular formula is C10H12BrN3O4. The fourth-order valence-electron chi connectivity index (χ4n) is 1.24. The summed E-state index contributed by atoms with van der Waals surface area (Å²) in [5.74, 6) is 0.514. The molecule has 0 spiro atoms. The molecule has 3 N–H and O–H groups in total. The number of ether oxygens (including phenoxy) is 1. The molecule has 0 aliphatic rings. The third-order valence-corrected chi connectivity index (χ3v) is 2.90. The zero-order valence-electron chi connectivity index (χ0n) is 9.38. The normalized spacial score (nSPS) is 11.3. The van der Waals surface area contributed by atoms with Crippen molar-refractivity contribution in [3.05, 3.63) is 32.8 Å². The number of nitrogens with zero attached hydrogens (tertiary/aromatic N) is 2. The van der Waals surface area contributed by atoms with Crippen molar-refractivity contribution in [3.63, 3.8) is 0 Å². The van der Waals surface area contributed by atoms with Crippen molar-refractivity contribution in [1.82, 2.24) is 0 Å². The Labute approximate surface area is 112 Å². The Bertz CT molecular complexity index is 464. The summed E-state index contributed by atoms with van der Waals surface area (Å²) >= 11 is 3.12. The number of benzene rings is 1. The van der Waals surface area contributed by atoms with E-state index in [9.17, 15) is 10.1 Å². The van der Waals surface area contributed by atoms with Crippen LogP contribution >= 0.6 is 15.9 Å². The Morgan fingerprint density at radius 3 is 2.94 bits per heavy atom. The van der Waals surface area contributed by atoms with Crippen LogP contribution in [-0.4, -0.2) is 22.6 Å². The lowest BCUT2D eigenvalue weighted by atomic mass is 10.3. The highest BCUT2D eigenvalue weighted by Gasteiger charge is 2.15. The van der Waals surface area contributed by atoms with Crippen LogP contribution in [0.5, 0.6) is 5.75 Å². The van der Waals surface area contributed by atoms with Gasteiger partial charge >= 0.3 is 0 Å². The first-order chi connectivity index (χ1) is 8.56. The zero-order chi connectivity index (χ0) is 13.5. The van der Waals surface area contributed by atoms with E-state index in [1.165, 1.54) is 6.07 Å². The topological polar surface area (TPSA) is 111 Å². The van der Waals surface area contributed by atoms with Gasteiger partial charge in [-0.3, -0.25) is 10.1 Å². The Balaban J connectivity index is 2.58. The highest BCUT2D eigenvalue weighted by atomic mass is 79.9. The van der Waals surface area contributed by atoms with Gasteiger partial charge < -0.3 is 15.7 Å². The Hall–Kier alpha value is -1.83. The summed E-state index contributed by atoms with van der Waals surface area (Å²) in [6, 6.07) is 4.55. The van der Waals surface area contributed by atoms with Crippen LogP contribution in [0.3, 0.4) is 0 Å². The van der Waals surface area contributed by atoms with Gasteiger partial charge in [-0.05, 0) is 28.4 Å². The largest absolute Gasteiger partial charge is 0.492 e. The summed E-state index contributed by atoms with van der Waals surface area (Å²) in [6.45, 7) is 0.315. The second kappa shape index (κ2) is 6.80. The molecule has 0 unspecified atom stereocenters. The van der Waals surface area contributed by atoms with E-state index < -0.39 is 4.92 Å². The Morgan fingerprint density at radius 1 is 1.61 bits per heavy atom. The maximum Gasteiger partial charge on any atom is 0.287 e. The molecule has 1 rings (SSSR count). The van der Waals surface area contributed by atoms with E-state index in [0.717, 1.165) is 0 Å². The van der Waals surface area contributed by atoms with Gasteiger partial charge in [0.1, 0.15) is 16.1 Å². The molecule has 18 heavy (non-hydrogen) atoms. The predicted octanol–water partition coefficient (Wildman–Crippen LogP) is 2.26. The highest BCUT2D eigenvalue weighted by Crippen LogP contribution is 2.33. The third-order valence-electron chi connectivity index (χ3n) is 2.10. The molecule has 0 saturated heterocycles. The van der Waals surface area contributed by atoms with Crippen molar-refractivity contribution in [2.75, 3.05) is 6.61 Å². The molecule has 0 saturated carbocycles. The molecule has 0 aromatic heterocycles. The van der Waals surface area contributed by atoms with E-state index in [0.29, 0.717) is 29.7 Å². The van der Waals surface area contributed by atoms with E-state index in [4.69, 9.17) is 15.7 Å². The third kappa shape index (κ3) is 3.88. The standard InChI is InChI=1S/C10H12BrN3O4/c11-10-7(14(16)17)3-1-4-8(10)18-6-2-5-9(12)13-15/h1,3-4,15H,2,5-6H2,(H2,12,13). The van der Waals surface area contributed by atoms with Gasteiger partial charge in [0.15, 0.2) is 0 Å². The molecule has 0 aliphatic carbocycles. The van der Waals surface area contributed by atoms with Crippen LogP contribution in [0.25, 0.3) is 0 Å². The Kier molecular flexibility index (Phi) is 5.37. The van der Waals surface area contributed by atoms with Crippen LogP contribution in [-0.2, 0) is 0 Å². The predicted molar refractivity (Wildman–Crippen MR) is 68.9 cm³/mol. The number of oxime groups is 1. The average Bonchev–Trinajstić information content (AvgIpc) is 2.35. The number of rotatable bonds is 6. The van der Waals surface area contributed by atoms with E-state index in [-0.39, 0.29) is 11.5 Å². The molecule has 0 amide bonds. The van der Waals surface area contributed by atoms with Crippen molar-refractivity contribution in [2.45, 2.75) is 12.8 Å². The molecule has 0 bridgehead atoms. The second-order valence-corrected chi connectivity index (χ2v) is 4.18. The lowest BCUT2D eigenvalue weighted by Gasteiger charge is -2.07. The molecule has 0 heterocycles. The minimum atomic E-state index is -0.493. The van der Waals surface area contributed by atoms with Gasteiger partial charge in [0.05, 0.1) is 11.5 Å². The van der Waals surface area contributed by atoms with Crippen molar-refractivity contribution in [2.24, 2.45) is 10.9 Å². The minimum Gasteiger partial charge on any atom is -0.492 e. The van der Waals surface area contributed by atoms with Gasteiger partial charge in [-0.2, -0.15) is 0 Å². The number of amidine groups is 1. The molecule has 0 radical (unpaired) electrons. The zero-order valence-corrected chi connectivity index (χ0v) is 11.0. The van der Waals surface area contributed by atoms with Crippen LogP contribution < -0.4 is 10.5 Å². The minimum absolute atomic E-state index is 0.0519. The van der Waals surface area contributed by atoms with Gasteiger partial charge in [0, 0.05) is 12.5 Å². The smallest absolute Gasteiger partial charge is 0.287 e. The van der Waals surface area contributed by atoms with E-state index in [1.54, 1.807) is 12.1 Å². The fourth-order valence-corrected chi connectivity index (χ4v) is 1.76. The lowest BCUT2D eigenvalue weighted by molar-refractivity contribution is -0.385. The first kappa shape index (κ1) is 14.2. The number of halogens is 1. The van der Waals surface area contributed by atoms with Crippen LogP contribution in [0.1, 0.15) is 12.8 Å². The van der Waals surface area contributed by atoms with E-state index >= 15 is 0 Å². The number of hydrogen-bond acceptors (Lipinski definition) is 5. The molecule has 0 aliphatic heterocycles. The molecule has 1 aromatic carbocycles. The van der Waals surface area contributed by atoms with Crippen molar-refractivity contribution in [3.8, 4) is 5.75 Å². The van der Waals surface area contributed by atoms with Gasteiger partial charge in [-0.25, -0.2) is 0 Å². The number of nitro groups is 1. The second-order valence-electron chi connectivity index (χ2n) is 3.39. The van der Waals surface area contributed by atoms with Gasteiger partial charge in [0.25, 0.3) is 5.69 Å². The number of nitro benzene ring substituents is 1. The van der Waals surface area contributed by atoms with Crippen molar-refractivity contribution >= 4 is 27.5 Å². The van der Waals surface area contributed by atoms with Crippen molar-refractivity contribution < 1.29 is 14.9 Å². The summed E-state index contributed by atoms with van der Waals surface area (Å²) in [7, 11) is 0. The first-order valence-electron chi connectivity index (χ1n) is 5.08. The maximum atomic E-state index is 10.7. The SMILES string of the molecule is N/C(CCCOc1cccc([N+](=O)[O-])c1Br)=N/O. The molecular weight excluding hydrogens is 306 g/mol. The van der Waals surface area contributed by atoms with Crippen LogP contribution in [0.2, 0.25) is 0 Å². The highest BCUT2D eigenvalue weighted by molar-refractivity contribution is 9.10. The van der Waals surface area contributed by atoms with Gasteiger partial charge in [-0.1, -0.05) is 11.2 Å². The molecule has 98 valence electrons. The lowest BCUT2D eigenvalue weighted by Crippen LogP contribution is -2.12. The summed E-state index contributed by atoms with van der Waals surface area (Å²) in [5.41, 5.74) is 5.24. The van der Waals surface area contributed by atoms with Crippen LogP contribution in [0, 0.1) is 10.1 Å². The molecule has 0 fully saturated rings. The molecule has 7 nitrogen and oxygen atoms in total.